The van der Waals surface area contributed by atoms with E-state index in [2.05, 4.69) is 5.32 Å². The molecule has 2 rings (SSSR count). The first-order valence-corrected chi connectivity index (χ1v) is 4.63. The third-order valence-corrected chi connectivity index (χ3v) is 1.77. The Morgan fingerprint density at radius 2 is 1.79 bits per heavy atom. The highest BCUT2D eigenvalue weighted by atomic mass is 16.3. The van der Waals surface area contributed by atoms with Gasteiger partial charge in [-0.05, 0) is 24.1 Å². The van der Waals surface area contributed by atoms with Crippen LogP contribution in [0.15, 0.2) is 60.5 Å². The molecule has 1 heterocycles. The van der Waals surface area contributed by atoms with Crippen LogP contribution in [0.2, 0.25) is 0 Å². The van der Waals surface area contributed by atoms with Crippen LogP contribution in [-0.2, 0) is 0 Å². The van der Waals surface area contributed by atoms with E-state index in [1.54, 1.807) is 0 Å². The van der Waals surface area contributed by atoms with Crippen LogP contribution in [0.5, 0.6) is 0 Å². The highest BCUT2D eigenvalue weighted by Gasteiger charge is 1.93. The number of nitrogens with one attached hydrogen (secondary N) is 1. The zero-order chi connectivity index (χ0) is 10.1. The Labute approximate surface area is 84.6 Å². The fourth-order valence-electron chi connectivity index (χ4n) is 1.01. The van der Waals surface area contributed by atoms with Crippen LogP contribution in [0.3, 0.4) is 0 Å². The first-order chi connectivity index (χ1) is 6.93. The summed E-state index contributed by atoms with van der Waals surface area (Å²) < 4.78 is 0. The summed E-state index contributed by atoms with van der Waals surface area (Å²) in [6.07, 6.45) is 18.5. The molecule has 2 heteroatoms. The molecule has 0 aromatic carbocycles. The fraction of sp³-hybridized carbons (Fsp3) is 0.167. The van der Waals surface area contributed by atoms with Crippen molar-refractivity contribution in [3.8, 4) is 0 Å². The lowest BCUT2D eigenvalue weighted by atomic mass is 10.3. The van der Waals surface area contributed by atoms with Crippen molar-refractivity contribution >= 4 is 0 Å². The summed E-state index contributed by atoms with van der Waals surface area (Å²) in [4.78, 5) is 0. The molecule has 2 N–H and O–H groups in total. The minimum Gasteiger partial charge on any atom is -0.392 e. The van der Waals surface area contributed by atoms with E-state index in [1.165, 1.54) is 0 Å². The summed E-state index contributed by atoms with van der Waals surface area (Å²) in [6.45, 7) is 0.215. The lowest BCUT2D eigenvalue weighted by Crippen LogP contribution is -1.87. The maximum absolute atomic E-state index is 8.46. The van der Waals surface area contributed by atoms with Gasteiger partial charge in [-0.15, -0.1) is 0 Å². The number of hydrogen-bond donors (Lipinski definition) is 2. The molecule has 14 heavy (non-hydrogen) atoms. The summed E-state index contributed by atoms with van der Waals surface area (Å²) in [7, 11) is 0. The second kappa shape index (κ2) is 6.92. The minimum atomic E-state index is 0.215. The van der Waals surface area contributed by atoms with Crippen LogP contribution < -0.4 is 5.32 Å². The van der Waals surface area contributed by atoms with Gasteiger partial charge in [0.15, 0.2) is 0 Å². The van der Waals surface area contributed by atoms with Crippen molar-refractivity contribution < 1.29 is 5.11 Å². The molecule has 0 aromatic heterocycles. The first-order valence-electron chi connectivity index (χ1n) is 4.63. The summed E-state index contributed by atoms with van der Waals surface area (Å²) in [5.41, 5.74) is 1.11. The molecule has 2 nitrogen and oxygen atoms in total. The van der Waals surface area contributed by atoms with Gasteiger partial charge < -0.3 is 10.4 Å². The van der Waals surface area contributed by atoms with Crippen molar-refractivity contribution in [1.29, 1.82) is 0 Å². The second-order valence-corrected chi connectivity index (χ2v) is 2.89. The van der Waals surface area contributed by atoms with E-state index in [0.29, 0.717) is 0 Å². The highest BCUT2D eigenvalue weighted by molar-refractivity contribution is 5.22. The normalized spacial score (nSPS) is 16.8. The molecule has 2 aliphatic rings. The van der Waals surface area contributed by atoms with Crippen LogP contribution in [0.25, 0.3) is 0 Å². The molecule has 0 amide bonds. The molecule has 0 saturated carbocycles. The van der Waals surface area contributed by atoms with Gasteiger partial charge in [0.25, 0.3) is 0 Å². The summed E-state index contributed by atoms with van der Waals surface area (Å²) in [6, 6.07) is 0. The average Bonchev–Trinajstić information content (AvgIpc) is 2.58. The number of aliphatic hydroxyl groups is 1. The maximum atomic E-state index is 8.46. The van der Waals surface area contributed by atoms with Crippen LogP contribution in [0.1, 0.15) is 6.42 Å². The molecule has 0 saturated heterocycles. The molecule has 74 valence electrons. The van der Waals surface area contributed by atoms with Crippen LogP contribution in [0, 0.1) is 0 Å². The van der Waals surface area contributed by atoms with E-state index in [1.807, 2.05) is 54.9 Å². The lowest BCUT2D eigenvalue weighted by molar-refractivity contribution is 0.329. The standard InChI is InChI=1S/C6H7N.C6H8O/c1-2-4-6-7-5-3-1;7-5-6-3-1-2-4-6/h1-7H;1-3,7H,4-5H2. The zero-order valence-corrected chi connectivity index (χ0v) is 8.06. The molecule has 0 spiro atoms. The monoisotopic (exact) mass is 189 g/mol. The predicted octanol–water partition coefficient (Wildman–Crippen LogP) is 2.04. The number of rotatable bonds is 1. The molecule has 0 unspecified atom stereocenters. The van der Waals surface area contributed by atoms with Crippen molar-refractivity contribution in [1.82, 2.24) is 5.32 Å². The number of hydrogen-bond acceptors (Lipinski definition) is 2. The Hall–Kier alpha value is -1.54. The molecule has 0 fully saturated rings. The van der Waals surface area contributed by atoms with Crippen LogP contribution >= 0.6 is 0 Å². The van der Waals surface area contributed by atoms with Gasteiger partial charge in [-0.3, -0.25) is 0 Å². The van der Waals surface area contributed by atoms with Gasteiger partial charge >= 0.3 is 0 Å². The predicted molar refractivity (Wildman–Crippen MR) is 59.5 cm³/mol. The molecule has 0 atom stereocenters. The van der Waals surface area contributed by atoms with Crippen LogP contribution in [-0.4, -0.2) is 11.7 Å². The highest BCUT2D eigenvalue weighted by Crippen LogP contribution is 2.07. The molecule has 1 aliphatic carbocycles. The van der Waals surface area contributed by atoms with Gasteiger partial charge in [-0.2, -0.15) is 0 Å². The third-order valence-electron chi connectivity index (χ3n) is 1.77. The van der Waals surface area contributed by atoms with Gasteiger partial charge in [0.1, 0.15) is 0 Å². The largest absolute Gasteiger partial charge is 0.392 e. The number of allylic oxidation sites excluding steroid dienone is 7. The van der Waals surface area contributed by atoms with Crippen molar-refractivity contribution in [3.63, 3.8) is 0 Å². The van der Waals surface area contributed by atoms with Crippen molar-refractivity contribution in [2.24, 2.45) is 0 Å². The molecule has 1 aliphatic heterocycles. The maximum Gasteiger partial charge on any atom is 0.0647 e. The smallest absolute Gasteiger partial charge is 0.0647 e. The van der Waals surface area contributed by atoms with Gasteiger partial charge in [-0.1, -0.05) is 30.4 Å². The SMILES string of the molecule is C1=CC=CNC=C1.OCC1=CC=CC1. The third kappa shape index (κ3) is 4.48. The van der Waals surface area contributed by atoms with E-state index in [9.17, 15) is 0 Å². The van der Waals surface area contributed by atoms with Gasteiger partial charge in [0.05, 0.1) is 6.61 Å². The molecular weight excluding hydrogens is 174 g/mol. The molecule has 0 radical (unpaired) electrons. The Morgan fingerprint density at radius 1 is 1.07 bits per heavy atom. The number of aliphatic hydroxyl groups excluding tert-OH is 1. The van der Waals surface area contributed by atoms with Crippen molar-refractivity contribution in [3.05, 3.63) is 60.5 Å². The van der Waals surface area contributed by atoms with Gasteiger partial charge in [-0.25, -0.2) is 0 Å². The van der Waals surface area contributed by atoms with Crippen LogP contribution in [0.4, 0.5) is 0 Å². The Balaban J connectivity index is 0.000000140. The van der Waals surface area contributed by atoms with Gasteiger partial charge in [0, 0.05) is 12.4 Å². The Bertz CT molecular complexity index is 281. The van der Waals surface area contributed by atoms with E-state index in [0.717, 1.165) is 12.0 Å². The first kappa shape index (κ1) is 10.5. The Kier molecular flexibility index (Phi) is 5.21. The summed E-state index contributed by atoms with van der Waals surface area (Å²) in [5.74, 6) is 0. The second-order valence-electron chi connectivity index (χ2n) is 2.89. The van der Waals surface area contributed by atoms with E-state index in [-0.39, 0.29) is 6.61 Å². The summed E-state index contributed by atoms with van der Waals surface area (Å²) >= 11 is 0. The van der Waals surface area contributed by atoms with E-state index < -0.39 is 0 Å². The zero-order valence-electron chi connectivity index (χ0n) is 8.06. The summed E-state index contributed by atoms with van der Waals surface area (Å²) in [5, 5.41) is 11.4. The Morgan fingerprint density at radius 3 is 2.21 bits per heavy atom. The topological polar surface area (TPSA) is 32.3 Å². The average molecular weight is 189 g/mol. The quantitative estimate of drug-likeness (QED) is 0.661. The lowest BCUT2D eigenvalue weighted by Gasteiger charge is -1.88. The fourth-order valence-corrected chi connectivity index (χ4v) is 1.01. The molecule has 0 aromatic rings. The van der Waals surface area contributed by atoms with E-state index >= 15 is 0 Å². The van der Waals surface area contributed by atoms with E-state index in [4.69, 9.17) is 5.11 Å². The molecular formula is C12H15NO. The van der Waals surface area contributed by atoms with Crippen molar-refractivity contribution in [2.45, 2.75) is 6.42 Å². The van der Waals surface area contributed by atoms with Gasteiger partial charge in [0.2, 0.25) is 0 Å². The van der Waals surface area contributed by atoms with Crippen molar-refractivity contribution in [2.75, 3.05) is 6.61 Å². The molecule has 0 bridgehead atoms. The minimum absolute atomic E-state index is 0.215.